The third kappa shape index (κ3) is 12.2. The molecule has 14 nitrogen and oxygen atoms in total. The maximum atomic E-state index is 14.3. The Hall–Kier alpha value is -4.59. The van der Waals surface area contributed by atoms with Crippen molar-refractivity contribution in [2.45, 2.75) is 131 Å². The summed E-state index contributed by atoms with van der Waals surface area (Å²) in [6.45, 7) is 19.6. The Morgan fingerprint density at radius 1 is 0.887 bits per heavy atom. The molecule has 0 aromatic heterocycles. The average molecular weight is 742 g/mol. The number of carbonyl (C=O) groups is 7. The second-order valence-corrected chi connectivity index (χ2v) is 16.5. The molecule has 1 aliphatic rings. The highest BCUT2D eigenvalue weighted by atomic mass is 16.7. The van der Waals surface area contributed by atoms with Crippen LogP contribution < -0.4 is 16.0 Å². The molecular weight excluding hydrogens is 682 g/mol. The van der Waals surface area contributed by atoms with Crippen molar-refractivity contribution in [3.63, 3.8) is 0 Å². The van der Waals surface area contributed by atoms with Crippen LogP contribution in [0.5, 0.6) is 0 Å². The van der Waals surface area contributed by atoms with Crippen molar-refractivity contribution in [2.75, 3.05) is 14.1 Å². The van der Waals surface area contributed by atoms with E-state index in [9.17, 15) is 33.6 Å². The first kappa shape index (κ1) is 44.6. The standard InChI is InChI=1S/C39H59N5O9/c1-23(2)27(43(13)35(50)32(37(4,5)6)42-34(49)31(40-12)39(10,11)25-17-15-14-16-18-25)21-24(3)33(48)41-26(36(51)52-38(7,8)9)22-30(47)53-44-28(45)19-20-29(44)46/h14-18,21,23,26-27,31-32,40H,19-20,22H2,1-13H3,(H,41,48)(H,42,49)/b24-21+/t26-,27-,31-,32-/m1/s1. The Bertz CT molecular complexity index is 1540. The third-order valence-electron chi connectivity index (χ3n) is 9.01. The molecule has 0 spiro atoms. The topological polar surface area (TPSA) is 181 Å². The molecular formula is C39H59N5O9. The first-order chi connectivity index (χ1) is 24.3. The number of hydroxylamine groups is 2. The van der Waals surface area contributed by atoms with Crippen LogP contribution in [0.1, 0.15) is 101 Å². The van der Waals surface area contributed by atoms with Gasteiger partial charge in [-0.15, -0.1) is 5.06 Å². The molecule has 0 bridgehead atoms. The summed E-state index contributed by atoms with van der Waals surface area (Å²) in [5.41, 5.74) is -1.21. The molecule has 14 heteroatoms. The van der Waals surface area contributed by atoms with E-state index >= 15 is 0 Å². The van der Waals surface area contributed by atoms with Crippen LogP contribution in [0.25, 0.3) is 0 Å². The maximum absolute atomic E-state index is 14.3. The zero-order valence-electron chi connectivity index (χ0n) is 33.5. The Morgan fingerprint density at radius 3 is 1.91 bits per heavy atom. The van der Waals surface area contributed by atoms with E-state index in [1.54, 1.807) is 40.9 Å². The second-order valence-electron chi connectivity index (χ2n) is 16.5. The van der Waals surface area contributed by atoms with Gasteiger partial charge in [0.25, 0.3) is 11.8 Å². The van der Waals surface area contributed by atoms with Gasteiger partial charge in [0.2, 0.25) is 17.7 Å². The van der Waals surface area contributed by atoms with Crippen LogP contribution in [0.15, 0.2) is 42.0 Å². The zero-order chi connectivity index (χ0) is 40.6. The van der Waals surface area contributed by atoms with Gasteiger partial charge in [0, 0.05) is 30.9 Å². The van der Waals surface area contributed by atoms with Gasteiger partial charge in [0.05, 0.1) is 18.5 Å². The van der Waals surface area contributed by atoms with Gasteiger partial charge in [0.15, 0.2) is 0 Å². The molecule has 0 aliphatic carbocycles. The number of imide groups is 1. The zero-order valence-corrected chi connectivity index (χ0v) is 33.5. The van der Waals surface area contributed by atoms with Crippen LogP contribution in [0.2, 0.25) is 0 Å². The summed E-state index contributed by atoms with van der Waals surface area (Å²) in [6.07, 6.45) is 0.642. The number of benzene rings is 1. The molecule has 1 saturated heterocycles. The third-order valence-corrected chi connectivity index (χ3v) is 9.01. The SMILES string of the molecule is CN[C@H](C(=O)N[C@H](C(=O)N(C)[C@H](/C=C(\C)C(=O)N[C@H](CC(=O)ON1C(=O)CCC1=O)C(=O)OC(C)(C)C)C(C)C)C(C)(C)C)C(C)(C)c1ccccc1. The van der Waals surface area contributed by atoms with Crippen molar-refractivity contribution < 1.29 is 43.1 Å². The van der Waals surface area contributed by atoms with E-state index in [0.29, 0.717) is 5.06 Å². The molecule has 5 amide bonds. The fraction of sp³-hybridized carbons (Fsp3) is 0.615. The number of amides is 5. The molecule has 0 saturated carbocycles. The predicted molar refractivity (Wildman–Crippen MR) is 198 cm³/mol. The number of nitrogens with one attached hydrogen (secondary N) is 3. The molecule has 294 valence electrons. The van der Waals surface area contributed by atoms with Gasteiger partial charge in [0.1, 0.15) is 17.7 Å². The molecule has 1 aromatic carbocycles. The van der Waals surface area contributed by atoms with Gasteiger partial charge in [-0.3, -0.25) is 24.0 Å². The van der Waals surface area contributed by atoms with Gasteiger partial charge in [-0.25, -0.2) is 9.59 Å². The smallest absolute Gasteiger partial charge is 0.335 e. The number of rotatable bonds is 15. The quantitative estimate of drug-likeness (QED) is 0.137. The summed E-state index contributed by atoms with van der Waals surface area (Å²) in [6, 6.07) is 5.86. The second kappa shape index (κ2) is 18.0. The van der Waals surface area contributed by atoms with E-state index in [1.807, 2.05) is 78.8 Å². The largest absolute Gasteiger partial charge is 0.458 e. The molecule has 53 heavy (non-hydrogen) atoms. The monoisotopic (exact) mass is 741 g/mol. The van der Waals surface area contributed by atoms with E-state index in [4.69, 9.17) is 9.57 Å². The van der Waals surface area contributed by atoms with Crippen LogP contribution in [0, 0.1) is 11.3 Å². The molecule has 3 N–H and O–H groups in total. The highest BCUT2D eigenvalue weighted by Crippen LogP contribution is 2.29. The van der Waals surface area contributed by atoms with Crippen molar-refractivity contribution >= 4 is 41.5 Å². The van der Waals surface area contributed by atoms with E-state index < -0.39 is 76.7 Å². The molecule has 0 radical (unpaired) electrons. The van der Waals surface area contributed by atoms with Gasteiger partial charge >= 0.3 is 11.9 Å². The van der Waals surface area contributed by atoms with Crippen LogP contribution in [0.3, 0.4) is 0 Å². The van der Waals surface area contributed by atoms with Crippen LogP contribution in [-0.4, -0.2) is 95.3 Å². The molecule has 2 rings (SSSR count). The number of esters is 1. The summed E-state index contributed by atoms with van der Waals surface area (Å²) >= 11 is 0. The van der Waals surface area contributed by atoms with Gasteiger partial charge < -0.3 is 30.4 Å². The summed E-state index contributed by atoms with van der Waals surface area (Å²) in [5, 5.41) is 9.01. The van der Waals surface area contributed by atoms with Gasteiger partial charge in [-0.05, 0) is 51.6 Å². The van der Waals surface area contributed by atoms with E-state index in [0.717, 1.165) is 5.56 Å². The van der Waals surface area contributed by atoms with E-state index in [1.165, 1.54) is 11.8 Å². The first-order valence-corrected chi connectivity index (χ1v) is 17.9. The normalized spacial score (nSPS) is 16.4. The van der Waals surface area contributed by atoms with Crippen molar-refractivity contribution in [3.05, 3.63) is 47.5 Å². The summed E-state index contributed by atoms with van der Waals surface area (Å²) in [4.78, 5) is 97.8. The lowest BCUT2D eigenvalue weighted by molar-refractivity contribution is -0.198. The first-order valence-electron chi connectivity index (χ1n) is 17.9. The molecule has 1 aliphatic heterocycles. The minimum Gasteiger partial charge on any atom is -0.458 e. The Kier molecular flexibility index (Phi) is 15.1. The highest BCUT2D eigenvalue weighted by molar-refractivity contribution is 6.02. The van der Waals surface area contributed by atoms with Gasteiger partial charge in [-0.1, -0.05) is 84.9 Å². The summed E-state index contributed by atoms with van der Waals surface area (Å²) in [5.74, 6) is -5.05. The highest BCUT2D eigenvalue weighted by Gasteiger charge is 2.42. The minimum absolute atomic E-state index is 0.109. The lowest BCUT2D eigenvalue weighted by Gasteiger charge is -2.40. The van der Waals surface area contributed by atoms with Crippen molar-refractivity contribution in [2.24, 2.45) is 11.3 Å². The van der Waals surface area contributed by atoms with Gasteiger partial charge in [-0.2, -0.15) is 0 Å². The number of ether oxygens (including phenoxy) is 1. The summed E-state index contributed by atoms with van der Waals surface area (Å²) in [7, 11) is 3.30. The molecule has 0 unspecified atom stereocenters. The van der Waals surface area contributed by atoms with Crippen molar-refractivity contribution in [3.8, 4) is 0 Å². The predicted octanol–water partition coefficient (Wildman–Crippen LogP) is 3.34. The Labute approximate surface area is 313 Å². The average Bonchev–Trinajstić information content (AvgIpc) is 3.36. The molecule has 1 heterocycles. The Balaban J connectivity index is 2.34. The fourth-order valence-corrected chi connectivity index (χ4v) is 5.96. The number of likely N-dealkylation sites (N-methyl/N-ethyl adjacent to an activating group) is 2. The fourth-order valence-electron chi connectivity index (χ4n) is 5.96. The van der Waals surface area contributed by atoms with Crippen molar-refractivity contribution in [1.29, 1.82) is 0 Å². The lowest BCUT2D eigenvalue weighted by Crippen LogP contribution is -2.61. The van der Waals surface area contributed by atoms with E-state index in [-0.39, 0.29) is 36.1 Å². The van der Waals surface area contributed by atoms with Crippen molar-refractivity contribution in [1.82, 2.24) is 25.9 Å². The lowest BCUT2D eigenvalue weighted by atomic mass is 9.76. The van der Waals surface area contributed by atoms with E-state index in [2.05, 4.69) is 16.0 Å². The summed E-state index contributed by atoms with van der Waals surface area (Å²) < 4.78 is 5.42. The number of hydrogen-bond donors (Lipinski definition) is 3. The number of nitrogens with zero attached hydrogens (tertiary/aromatic N) is 2. The van der Waals surface area contributed by atoms with Crippen LogP contribution >= 0.6 is 0 Å². The van der Waals surface area contributed by atoms with Crippen LogP contribution in [-0.2, 0) is 48.6 Å². The maximum Gasteiger partial charge on any atom is 0.335 e. The molecule has 4 atom stereocenters. The minimum atomic E-state index is -1.53. The molecule has 1 aromatic rings. The number of carbonyl (C=O) groups excluding carboxylic acids is 7. The van der Waals surface area contributed by atoms with Crippen LogP contribution in [0.4, 0.5) is 0 Å². The molecule has 1 fully saturated rings. The number of hydrogen-bond acceptors (Lipinski definition) is 10. The Morgan fingerprint density at radius 2 is 1.43 bits per heavy atom.